The van der Waals surface area contributed by atoms with Crippen molar-refractivity contribution >= 4 is 11.4 Å². The van der Waals surface area contributed by atoms with Crippen molar-refractivity contribution < 1.29 is 65.4 Å². The Morgan fingerprint density at radius 2 is 1.40 bits per heavy atom. The molecule has 0 aliphatic carbocycles. The first-order chi connectivity index (χ1) is 3.79. The van der Waals surface area contributed by atoms with Crippen molar-refractivity contribution in [1.29, 1.82) is 0 Å². The summed E-state index contributed by atoms with van der Waals surface area (Å²) in [5.41, 5.74) is 11.7. The zero-order chi connectivity index (χ0) is 5.98. The predicted octanol–water partition coefficient (Wildman–Crippen LogP) is 0.446. The van der Waals surface area contributed by atoms with Gasteiger partial charge in [-0.25, -0.2) is 17.4 Å². The van der Waals surface area contributed by atoms with Crippen molar-refractivity contribution in [2.75, 3.05) is 11.5 Å². The van der Waals surface area contributed by atoms with Gasteiger partial charge >= 0.3 is 0 Å². The summed E-state index contributed by atoms with van der Waals surface area (Å²) >= 11 is 0. The van der Waals surface area contributed by atoms with Gasteiger partial charge in [-0.05, 0) is 0 Å². The molecule has 0 atom stereocenters. The summed E-state index contributed by atoms with van der Waals surface area (Å²) < 4.78 is 0. The monoisotopic (exact) mass is 284 g/mol. The molecule has 1 aromatic rings. The maximum Gasteiger partial charge on any atom is 0 e. The van der Waals surface area contributed by atoms with Crippen LogP contribution in [0.2, 0.25) is 0 Å². The zero-order valence-corrected chi connectivity index (χ0v) is 11.1. The molecule has 0 amide bonds. The summed E-state index contributed by atoms with van der Waals surface area (Å²) in [7, 11) is 0. The summed E-state index contributed by atoms with van der Waals surface area (Å²) in [4.78, 5) is 0. The SMILES string of the molecule is Nc1[c-]c[c-]c(N)c1.[Y].[Y]. The minimum Gasteiger partial charge on any atom is -0.442 e. The van der Waals surface area contributed by atoms with E-state index < -0.39 is 0 Å². The predicted molar refractivity (Wildman–Crippen MR) is 32.9 cm³/mol. The smallest absolute Gasteiger partial charge is 0 e. The Labute approximate surface area is 111 Å². The van der Waals surface area contributed by atoms with Crippen LogP contribution in [0.5, 0.6) is 0 Å². The number of hydrogen-bond donors (Lipinski definition) is 2. The molecule has 1 aromatic carbocycles. The third-order valence-corrected chi connectivity index (χ3v) is 0.789. The van der Waals surface area contributed by atoms with Crippen molar-refractivity contribution in [2.24, 2.45) is 0 Å². The van der Waals surface area contributed by atoms with E-state index in [4.69, 9.17) is 11.5 Å². The molecular formula is C6H6N2Y2-2. The minimum atomic E-state index is 0. The van der Waals surface area contributed by atoms with Crippen LogP contribution in [-0.4, -0.2) is 0 Å². The van der Waals surface area contributed by atoms with Crippen molar-refractivity contribution in [2.45, 2.75) is 0 Å². The Morgan fingerprint density at radius 1 is 1.00 bits per heavy atom. The summed E-state index contributed by atoms with van der Waals surface area (Å²) in [6.07, 6.45) is 0. The van der Waals surface area contributed by atoms with Gasteiger partial charge in [-0.1, -0.05) is 0 Å². The number of rotatable bonds is 0. The van der Waals surface area contributed by atoms with E-state index in [1.54, 1.807) is 12.1 Å². The van der Waals surface area contributed by atoms with Gasteiger partial charge in [-0.15, -0.1) is 0 Å². The number of hydrogen-bond acceptors (Lipinski definition) is 2. The summed E-state index contributed by atoms with van der Waals surface area (Å²) in [6, 6.07) is 8.61. The molecule has 0 spiro atoms. The minimum absolute atomic E-state index is 0. The van der Waals surface area contributed by atoms with Gasteiger partial charge in [-0.3, -0.25) is 0 Å². The third kappa shape index (κ3) is 4.78. The Kier molecular flexibility index (Phi) is 9.14. The fraction of sp³-hybridized carbons (Fsp3) is 0. The van der Waals surface area contributed by atoms with Gasteiger partial charge in [0.05, 0.1) is 0 Å². The molecule has 0 unspecified atom stereocenters. The Bertz CT molecular complexity index is 174. The Hall–Kier alpha value is 1.03. The molecule has 0 aliphatic heterocycles. The van der Waals surface area contributed by atoms with Crippen molar-refractivity contribution in [1.82, 2.24) is 0 Å². The van der Waals surface area contributed by atoms with Crippen molar-refractivity contribution in [3.8, 4) is 0 Å². The number of nitrogen functional groups attached to an aromatic ring is 2. The molecule has 48 valence electrons. The maximum atomic E-state index is 5.30. The molecule has 10 heavy (non-hydrogen) atoms. The first-order valence-electron chi connectivity index (χ1n) is 2.23. The average molecular weight is 284 g/mol. The second-order valence-electron chi connectivity index (χ2n) is 1.49. The van der Waals surface area contributed by atoms with E-state index in [0.717, 1.165) is 0 Å². The topological polar surface area (TPSA) is 52.0 Å². The first-order valence-corrected chi connectivity index (χ1v) is 2.23. The molecule has 1 rings (SSSR count). The summed E-state index contributed by atoms with van der Waals surface area (Å²) in [5, 5.41) is 0. The van der Waals surface area contributed by atoms with E-state index >= 15 is 0 Å². The second-order valence-corrected chi connectivity index (χ2v) is 1.49. The zero-order valence-electron chi connectivity index (χ0n) is 5.46. The fourth-order valence-electron chi connectivity index (χ4n) is 0.454. The van der Waals surface area contributed by atoms with E-state index in [0.29, 0.717) is 11.4 Å². The van der Waals surface area contributed by atoms with Crippen molar-refractivity contribution in [3.63, 3.8) is 0 Å². The molecule has 0 aromatic heterocycles. The molecule has 0 saturated heterocycles. The van der Waals surface area contributed by atoms with Crippen LogP contribution in [0.15, 0.2) is 12.1 Å². The number of benzene rings is 1. The molecule has 0 bridgehead atoms. The molecule has 4 N–H and O–H groups in total. The van der Waals surface area contributed by atoms with E-state index in [1.165, 1.54) is 0 Å². The molecule has 2 nitrogen and oxygen atoms in total. The molecule has 2 radical (unpaired) electrons. The van der Waals surface area contributed by atoms with Crippen LogP contribution in [0.25, 0.3) is 0 Å². The van der Waals surface area contributed by atoms with Gasteiger partial charge in [0.15, 0.2) is 0 Å². The van der Waals surface area contributed by atoms with Crippen molar-refractivity contribution in [3.05, 3.63) is 24.3 Å². The standard InChI is InChI=1S/C6H6N2.2Y/c7-5-2-1-3-6(8)4-5;;/h1,4H,7-8H2;;/q-2;;. The van der Waals surface area contributed by atoms with Crippen LogP contribution < -0.4 is 11.5 Å². The molecule has 0 aliphatic rings. The quantitative estimate of drug-likeness (QED) is 0.537. The Morgan fingerprint density at radius 3 is 1.60 bits per heavy atom. The normalized spacial score (nSPS) is 7.20. The maximum absolute atomic E-state index is 5.30. The molecule has 0 heterocycles. The van der Waals surface area contributed by atoms with Crippen LogP contribution in [0.4, 0.5) is 11.4 Å². The van der Waals surface area contributed by atoms with Gasteiger partial charge in [0.1, 0.15) is 0 Å². The van der Waals surface area contributed by atoms with Crippen LogP contribution in [-0.2, 0) is 65.4 Å². The largest absolute Gasteiger partial charge is 0.442 e. The van der Waals surface area contributed by atoms with Crippen LogP contribution in [0, 0.1) is 12.1 Å². The van der Waals surface area contributed by atoms with Crippen LogP contribution in [0.1, 0.15) is 0 Å². The summed E-state index contributed by atoms with van der Waals surface area (Å²) in [5.74, 6) is 0. The van der Waals surface area contributed by atoms with E-state index in [-0.39, 0.29) is 65.4 Å². The van der Waals surface area contributed by atoms with Crippen LogP contribution in [0.3, 0.4) is 0 Å². The van der Waals surface area contributed by atoms with Gasteiger partial charge in [0.25, 0.3) is 0 Å². The van der Waals surface area contributed by atoms with Gasteiger partial charge < -0.3 is 29.7 Å². The van der Waals surface area contributed by atoms with E-state index in [2.05, 4.69) is 12.1 Å². The van der Waals surface area contributed by atoms with Gasteiger partial charge in [0, 0.05) is 65.4 Å². The first kappa shape index (κ1) is 13.6. The molecule has 0 fully saturated rings. The second kappa shape index (κ2) is 6.72. The van der Waals surface area contributed by atoms with E-state index in [1.807, 2.05) is 0 Å². The molecular weight excluding hydrogens is 278 g/mol. The van der Waals surface area contributed by atoms with E-state index in [9.17, 15) is 0 Å². The van der Waals surface area contributed by atoms with Gasteiger partial charge in [-0.2, -0.15) is 0 Å². The van der Waals surface area contributed by atoms with Gasteiger partial charge in [0.2, 0.25) is 0 Å². The third-order valence-electron chi connectivity index (χ3n) is 0.789. The van der Waals surface area contributed by atoms with Crippen LogP contribution >= 0.6 is 0 Å². The Balaban J connectivity index is 0. The molecule has 4 heteroatoms. The number of anilines is 2. The average Bonchev–Trinajstić information content (AvgIpc) is 1.64. The number of nitrogens with two attached hydrogens (primary N) is 2. The molecule has 0 saturated carbocycles. The fourth-order valence-corrected chi connectivity index (χ4v) is 0.454. The summed E-state index contributed by atoms with van der Waals surface area (Å²) in [6.45, 7) is 0.